The van der Waals surface area contributed by atoms with Crippen LogP contribution in [0.15, 0.2) is 12.1 Å². The van der Waals surface area contributed by atoms with Gasteiger partial charge in [-0.2, -0.15) is 0 Å². The molecule has 3 unspecified atom stereocenters. The quantitative estimate of drug-likeness (QED) is 0.776. The molecule has 4 nitrogen and oxygen atoms in total. The van der Waals surface area contributed by atoms with Gasteiger partial charge in [-0.05, 0) is 56.7 Å². The molecule has 0 saturated heterocycles. The molecule has 0 aliphatic heterocycles. The van der Waals surface area contributed by atoms with E-state index in [0.29, 0.717) is 12.8 Å². The van der Waals surface area contributed by atoms with Crippen molar-refractivity contribution in [1.29, 1.82) is 0 Å². The summed E-state index contributed by atoms with van der Waals surface area (Å²) in [6.45, 7) is 6.13. The van der Waals surface area contributed by atoms with Gasteiger partial charge < -0.3 is 9.47 Å². The number of esters is 1. The van der Waals surface area contributed by atoms with E-state index in [2.05, 4.69) is 19.1 Å². The van der Waals surface area contributed by atoms with Crippen LogP contribution in [0.4, 0.5) is 0 Å². The predicted octanol–water partition coefficient (Wildman–Crippen LogP) is 3.33. The van der Waals surface area contributed by atoms with Gasteiger partial charge in [0, 0.05) is 13.5 Å². The molecule has 0 spiro atoms. The molecule has 0 aromatic heterocycles. The van der Waals surface area contributed by atoms with E-state index in [1.165, 1.54) is 12.7 Å². The summed E-state index contributed by atoms with van der Waals surface area (Å²) in [7, 11) is 3.00. The molecule has 2 rings (SSSR count). The van der Waals surface area contributed by atoms with Crippen LogP contribution in [0.1, 0.15) is 41.5 Å². The van der Waals surface area contributed by atoms with Gasteiger partial charge in [0.15, 0.2) is 0 Å². The van der Waals surface area contributed by atoms with Crippen LogP contribution in [0.5, 0.6) is 0 Å². The van der Waals surface area contributed by atoms with Crippen LogP contribution in [0, 0.1) is 32.6 Å². The van der Waals surface area contributed by atoms with Crippen molar-refractivity contribution in [2.45, 2.75) is 52.6 Å². The highest BCUT2D eigenvalue weighted by atomic mass is 16.5. The van der Waals surface area contributed by atoms with E-state index in [1.807, 2.05) is 13.8 Å². The zero-order valence-electron chi connectivity index (χ0n) is 15.3. The lowest BCUT2D eigenvalue weighted by atomic mass is 9.73. The van der Waals surface area contributed by atoms with Crippen LogP contribution in [-0.2, 0) is 25.5 Å². The fourth-order valence-corrected chi connectivity index (χ4v) is 4.05. The minimum atomic E-state index is -0.420. The molecule has 1 aliphatic carbocycles. The molecule has 4 heteroatoms. The summed E-state index contributed by atoms with van der Waals surface area (Å²) in [5, 5.41) is 0. The number of hydrogen-bond donors (Lipinski definition) is 0. The van der Waals surface area contributed by atoms with Gasteiger partial charge in [-0.15, -0.1) is 0 Å². The van der Waals surface area contributed by atoms with Gasteiger partial charge in [0.2, 0.25) is 0 Å². The fraction of sp³-hybridized carbons (Fsp3) is 0.600. The summed E-state index contributed by atoms with van der Waals surface area (Å²) in [5.41, 5.74) is 4.51. The maximum absolute atomic E-state index is 13.1. The van der Waals surface area contributed by atoms with Crippen LogP contribution in [-0.4, -0.2) is 32.1 Å². The molecular weight excluding hydrogens is 304 g/mol. The molecular formula is C20H28O4. The predicted molar refractivity (Wildman–Crippen MR) is 93.0 cm³/mol. The number of aryl methyl sites for hydroxylation is 3. The second kappa shape index (κ2) is 7.93. The number of ketones is 1. The van der Waals surface area contributed by atoms with Crippen molar-refractivity contribution in [2.75, 3.05) is 14.2 Å². The Morgan fingerprint density at radius 1 is 1.08 bits per heavy atom. The Balaban J connectivity index is 2.29. The van der Waals surface area contributed by atoms with Crippen molar-refractivity contribution in [3.8, 4) is 0 Å². The molecule has 1 aromatic rings. The SMILES string of the molecule is COC(=O)C1CCCC(OC)C1C(=O)Cc1c(C)cc(C)cc1C. The largest absolute Gasteiger partial charge is 0.469 e. The van der Waals surface area contributed by atoms with E-state index in [0.717, 1.165) is 29.5 Å². The van der Waals surface area contributed by atoms with E-state index in [4.69, 9.17) is 9.47 Å². The lowest BCUT2D eigenvalue weighted by Crippen LogP contribution is -2.43. The van der Waals surface area contributed by atoms with Gasteiger partial charge in [-0.3, -0.25) is 9.59 Å². The Hall–Kier alpha value is -1.68. The van der Waals surface area contributed by atoms with Gasteiger partial charge in [-0.25, -0.2) is 0 Å². The first kappa shape index (κ1) is 18.7. The molecule has 132 valence electrons. The fourth-order valence-electron chi connectivity index (χ4n) is 4.05. The monoisotopic (exact) mass is 332 g/mol. The van der Waals surface area contributed by atoms with E-state index < -0.39 is 11.8 Å². The summed E-state index contributed by atoms with van der Waals surface area (Å²) in [6.07, 6.45) is 2.52. The maximum Gasteiger partial charge on any atom is 0.309 e. The standard InChI is InChI=1S/C20H28O4/c1-12-9-13(2)16(14(3)10-12)11-17(21)19-15(20(22)24-5)7-6-8-18(19)23-4/h9-10,15,18-19H,6-8,11H2,1-5H3. The minimum absolute atomic E-state index is 0.0759. The second-order valence-electron chi connectivity index (χ2n) is 6.88. The highest BCUT2D eigenvalue weighted by Gasteiger charge is 2.42. The molecule has 0 radical (unpaired) electrons. The Bertz CT molecular complexity index is 597. The van der Waals surface area contributed by atoms with Crippen LogP contribution < -0.4 is 0 Å². The number of benzene rings is 1. The Kier molecular flexibility index (Phi) is 6.16. The lowest BCUT2D eigenvalue weighted by molar-refractivity contribution is -0.156. The molecule has 0 bridgehead atoms. The molecule has 1 aromatic carbocycles. The Morgan fingerprint density at radius 2 is 1.71 bits per heavy atom. The number of Topliss-reactive ketones (excluding diaryl/α,β-unsaturated/α-hetero) is 1. The highest BCUT2D eigenvalue weighted by molar-refractivity contribution is 5.89. The van der Waals surface area contributed by atoms with Crippen LogP contribution in [0.25, 0.3) is 0 Å². The number of ether oxygens (including phenoxy) is 2. The summed E-state index contributed by atoms with van der Waals surface area (Å²) >= 11 is 0. The van der Waals surface area contributed by atoms with Crippen molar-refractivity contribution in [2.24, 2.45) is 11.8 Å². The molecule has 0 heterocycles. The first-order valence-electron chi connectivity index (χ1n) is 8.59. The number of carbonyl (C=O) groups is 2. The summed E-state index contributed by atoms with van der Waals surface area (Å²) in [4.78, 5) is 25.2. The average molecular weight is 332 g/mol. The van der Waals surface area contributed by atoms with E-state index >= 15 is 0 Å². The van der Waals surface area contributed by atoms with Crippen LogP contribution >= 0.6 is 0 Å². The third-order valence-corrected chi connectivity index (χ3v) is 5.21. The van der Waals surface area contributed by atoms with E-state index in [1.54, 1.807) is 7.11 Å². The number of hydrogen-bond acceptors (Lipinski definition) is 4. The normalized spacial score (nSPS) is 23.8. The Morgan fingerprint density at radius 3 is 2.25 bits per heavy atom. The first-order valence-corrected chi connectivity index (χ1v) is 8.59. The number of rotatable bonds is 5. The van der Waals surface area contributed by atoms with E-state index in [-0.39, 0.29) is 17.9 Å². The average Bonchev–Trinajstić information content (AvgIpc) is 2.56. The molecule has 1 saturated carbocycles. The Labute approximate surface area is 144 Å². The zero-order valence-corrected chi connectivity index (χ0v) is 15.3. The summed E-state index contributed by atoms with van der Waals surface area (Å²) in [6, 6.07) is 4.20. The van der Waals surface area contributed by atoms with Gasteiger partial charge >= 0.3 is 5.97 Å². The molecule has 1 aliphatic rings. The summed E-state index contributed by atoms with van der Waals surface area (Å²) in [5.74, 6) is -1.04. The maximum atomic E-state index is 13.1. The second-order valence-corrected chi connectivity index (χ2v) is 6.88. The minimum Gasteiger partial charge on any atom is -0.469 e. The zero-order chi connectivity index (χ0) is 17.9. The third kappa shape index (κ3) is 3.86. The molecule has 24 heavy (non-hydrogen) atoms. The lowest BCUT2D eigenvalue weighted by Gasteiger charge is -2.35. The van der Waals surface area contributed by atoms with Crippen molar-refractivity contribution in [1.82, 2.24) is 0 Å². The van der Waals surface area contributed by atoms with Crippen molar-refractivity contribution in [3.63, 3.8) is 0 Å². The van der Waals surface area contributed by atoms with Crippen molar-refractivity contribution < 1.29 is 19.1 Å². The summed E-state index contributed by atoms with van der Waals surface area (Å²) < 4.78 is 10.5. The molecule has 1 fully saturated rings. The van der Waals surface area contributed by atoms with Crippen molar-refractivity contribution in [3.05, 3.63) is 34.4 Å². The number of methoxy groups -OCH3 is 2. The number of carbonyl (C=O) groups excluding carboxylic acids is 2. The molecule has 0 N–H and O–H groups in total. The van der Waals surface area contributed by atoms with Crippen molar-refractivity contribution >= 4 is 11.8 Å². The van der Waals surface area contributed by atoms with Crippen LogP contribution in [0.2, 0.25) is 0 Å². The van der Waals surface area contributed by atoms with Crippen LogP contribution in [0.3, 0.4) is 0 Å². The van der Waals surface area contributed by atoms with Gasteiger partial charge in [0.1, 0.15) is 5.78 Å². The third-order valence-electron chi connectivity index (χ3n) is 5.21. The van der Waals surface area contributed by atoms with Gasteiger partial charge in [-0.1, -0.05) is 17.7 Å². The molecule has 0 amide bonds. The molecule has 3 atom stereocenters. The highest BCUT2D eigenvalue weighted by Crippen LogP contribution is 2.35. The topological polar surface area (TPSA) is 52.6 Å². The van der Waals surface area contributed by atoms with E-state index in [9.17, 15) is 9.59 Å². The smallest absolute Gasteiger partial charge is 0.309 e. The first-order chi connectivity index (χ1) is 11.4. The van der Waals surface area contributed by atoms with Gasteiger partial charge in [0.25, 0.3) is 0 Å². The van der Waals surface area contributed by atoms with Gasteiger partial charge in [0.05, 0.1) is 25.0 Å².